The molecule has 148 valence electrons. The van der Waals surface area contributed by atoms with Gasteiger partial charge in [-0.15, -0.1) is 23.5 Å². The van der Waals surface area contributed by atoms with Gasteiger partial charge in [0.05, 0.1) is 17.3 Å². The molecule has 1 aliphatic heterocycles. The van der Waals surface area contributed by atoms with E-state index in [4.69, 9.17) is 9.47 Å². The van der Waals surface area contributed by atoms with Gasteiger partial charge >= 0.3 is 5.97 Å². The molecule has 1 N–H and O–H groups in total. The lowest BCUT2D eigenvalue weighted by molar-refractivity contribution is -0.129. The van der Waals surface area contributed by atoms with Crippen LogP contribution >= 0.6 is 23.5 Å². The number of nitrogens with one attached hydrogen (secondary N) is 1. The molecule has 0 aromatic heterocycles. The summed E-state index contributed by atoms with van der Waals surface area (Å²) in [7, 11) is 1.60. The predicted molar refractivity (Wildman–Crippen MR) is 114 cm³/mol. The molecule has 1 fully saturated rings. The second-order valence-electron chi connectivity index (χ2n) is 6.31. The van der Waals surface area contributed by atoms with E-state index in [1.807, 2.05) is 59.9 Å². The standard InChI is InChI=1S/C21H23NO4S2/c1-14(19(23)22-13-15-3-9-18(25-2)10-4-15)26-20(24)16-5-7-17(8-6-16)21-27-11-12-28-21/h3-10,14,21H,11-13H2,1-2H3,(H,22,23)/t14-/m0/s1. The number of ether oxygens (including phenoxy) is 2. The molecule has 0 spiro atoms. The molecule has 0 saturated carbocycles. The maximum atomic E-state index is 12.3. The van der Waals surface area contributed by atoms with Crippen molar-refractivity contribution in [1.29, 1.82) is 0 Å². The minimum atomic E-state index is -0.869. The van der Waals surface area contributed by atoms with E-state index in [9.17, 15) is 9.59 Å². The van der Waals surface area contributed by atoms with Crippen molar-refractivity contribution in [2.24, 2.45) is 0 Å². The van der Waals surface area contributed by atoms with Gasteiger partial charge in [0, 0.05) is 18.1 Å². The zero-order valence-electron chi connectivity index (χ0n) is 15.8. The Morgan fingerprint density at radius 1 is 1.07 bits per heavy atom. The summed E-state index contributed by atoms with van der Waals surface area (Å²) in [5.41, 5.74) is 2.59. The lowest BCUT2D eigenvalue weighted by atomic mass is 10.1. The number of benzene rings is 2. The summed E-state index contributed by atoms with van der Waals surface area (Å²) in [5, 5.41) is 2.78. The minimum absolute atomic E-state index is 0.334. The Hall–Kier alpha value is -2.12. The number of rotatable bonds is 7. The van der Waals surface area contributed by atoms with Crippen LogP contribution < -0.4 is 10.1 Å². The van der Waals surface area contributed by atoms with E-state index in [0.29, 0.717) is 16.7 Å². The van der Waals surface area contributed by atoms with Gasteiger partial charge in [-0.25, -0.2) is 4.79 Å². The van der Waals surface area contributed by atoms with Crippen LogP contribution in [-0.4, -0.2) is 36.6 Å². The topological polar surface area (TPSA) is 64.6 Å². The highest BCUT2D eigenvalue weighted by Gasteiger charge is 2.21. The molecule has 1 heterocycles. The van der Waals surface area contributed by atoms with Crippen molar-refractivity contribution in [3.8, 4) is 5.75 Å². The molecule has 1 aliphatic rings. The van der Waals surface area contributed by atoms with Crippen LogP contribution in [0.25, 0.3) is 0 Å². The average molecular weight is 418 g/mol. The van der Waals surface area contributed by atoms with Gasteiger partial charge in [0.25, 0.3) is 5.91 Å². The quantitative estimate of drug-likeness (QED) is 0.686. The van der Waals surface area contributed by atoms with Crippen molar-refractivity contribution in [1.82, 2.24) is 5.32 Å². The van der Waals surface area contributed by atoms with Gasteiger partial charge in [-0.05, 0) is 42.3 Å². The Balaban J connectivity index is 1.49. The van der Waals surface area contributed by atoms with E-state index in [0.717, 1.165) is 22.8 Å². The van der Waals surface area contributed by atoms with Gasteiger partial charge in [0.1, 0.15) is 5.75 Å². The average Bonchev–Trinajstić information content (AvgIpc) is 3.27. The van der Waals surface area contributed by atoms with Crippen molar-refractivity contribution in [3.63, 3.8) is 0 Å². The first kappa shape index (κ1) is 20.6. The van der Waals surface area contributed by atoms with Crippen molar-refractivity contribution >= 4 is 35.4 Å². The van der Waals surface area contributed by atoms with Crippen LogP contribution in [0.2, 0.25) is 0 Å². The highest BCUT2D eigenvalue weighted by Crippen LogP contribution is 2.45. The first-order chi connectivity index (χ1) is 13.6. The highest BCUT2D eigenvalue weighted by molar-refractivity contribution is 8.19. The van der Waals surface area contributed by atoms with Crippen molar-refractivity contribution in [3.05, 3.63) is 65.2 Å². The van der Waals surface area contributed by atoms with Gasteiger partial charge in [0.15, 0.2) is 6.10 Å². The summed E-state index contributed by atoms with van der Waals surface area (Å²) in [6.45, 7) is 1.93. The third-order valence-electron chi connectivity index (χ3n) is 4.32. The van der Waals surface area contributed by atoms with Crippen LogP contribution in [0.3, 0.4) is 0 Å². The molecular weight excluding hydrogens is 394 g/mol. The van der Waals surface area contributed by atoms with Crippen molar-refractivity contribution in [2.45, 2.75) is 24.2 Å². The summed E-state index contributed by atoms with van der Waals surface area (Å²) < 4.78 is 10.9. The van der Waals surface area contributed by atoms with Crippen LogP contribution in [0.15, 0.2) is 48.5 Å². The van der Waals surface area contributed by atoms with E-state index in [2.05, 4.69) is 5.32 Å². The summed E-state index contributed by atoms with van der Waals surface area (Å²) in [4.78, 5) is 24.5. The number of carbonyl (C=O) groups excluding carboxylic acids is 2. The molecule has 0 radical (unpaired) electrons. The maximum Gasteiger partial charge on any atom is 0.338 e. The Labute approximate surface area is 173 Å². The van der Waals surface area contributed by atoms with Gasteiger partial charge in [-0.1, -0.05) is 24.3 Å². The molecule has 1 saturated heterocycles. The Kier molecular flexibility index (Phi) is 7.28. The monoisotopic (exact) mass is 417 g/mol. The molecule has 0 bridgehead atoms. The summed E-state index contributed by atoms with van der Waals surface area (Å²) in [6, 6.07) is 14.9. The second-order valence-corrected chi connectivity index (χ2v) is 9.03. The molecule has 1 atom stereocenters. The fourth-order valence-electron chi connectivity index (χ4n) is 2.69. The Morgan fingerprint density at radius 2 is 1.71 bits per heavy atom. The molecule has 3 rings (SSSR count). The fraction of sp³-hybridized carbons (Fsp3) is 0.333. The number of thioether (sulfide) groups is 2. The Morgan fingerprint density at radius 3 is 2.32 bits per heavy atom. The zero-order chi connectivity index (χ0) is 19.9. The molecule has 2 aromatic carbocycles. The number of esters is 1. The number of carbonyl (C=O) groups is 2. The van der Waals surface area contributed by atoms with Crippen LogP contribution in [0.5, 0.6) is 5.75 Å². The minimum Gasteiger partial charge on any atom is -0.497 e. The van der Waals surface area contributed by atoms with Crippen LogP contribution in [-0.2, 0) is 16.1 Å². The molecular formula is C21H23NO4S2. The van der Waals surface area contributed by atoms with Gasteiger partial charge in [-0.3, -0.25) is 4.79 Å². The first-order valence-corrected chi connectivity index (χ1v) is 11.1. The van der Waals surface area contributed by atoms with Crippen molar-refractivity contribution < 1.29 is 19.1 Å². The SMILES string of the molecule is COc1ccc(CNC(=O)[C@H](C)OC(=O)c2ccc(C3SCCS3)cc2)cc1. The van der Waals surface area contributed by atoms with Crippen LogP contribution in [0, 0.1) is 0 Å². The molecule has 1 amide bonds. The van der Waals surface area contributed by atoms with Crippen molar-refractivity contribution in [2.75, 3.05) is 18.6 Å². The number of amides is 1. The van der Waals surface area contributed by atoms with Gasteiger partial charge < -0.3 is 14.8 Å². The van der Waals surface area contributed by atoms with E-state index < -0.39 is 12.1 Å². The van der Waals surface area contributed by atoms with E-state index in [1.165, 1.54) is 5.56 Å². The normalized spacial score (nSPS) is 15.1. The molecule has 0 unspecified atom stereocenters. The summed E-state index contributed by atoms with van der Waals surface area (Å²) >= 11 is 3.83. The van der Waals surface area contributed by atoms with E-state index in [-0.39, 0.29) is 5.91 Å². The lowest BCUT2D eigenvalue weighted by Gasteiger charge is -2.14. The third-order valence-corrected chi connectivity index (χ3v) is 7.42. The number of hydrogen-bond acceptors (Lipinski definition) is 6. The summed E-state index contributed by atoms with van der Waals surface area (Å²) in [6.07, 6.45) is -0.869. The fourth-order valence-corrected chi connectivity index (χ4v) is 5.54. The zero-order valence-corrected chi connectivity index (χ0v) is 17.5. The predicted octanol–water partition coefficient (Wildman–Crippen LogP) is 4.04. The number of hydrogen-bond donors (Lipinski definition) is 1. The molecule has 2 aromatic rings. The van der Waals surface area contributed by atoms with Crippen LogP contribution in [0.4, 0.5) is 0 Å². The van der Waals surface area contributed by atoms with Gasteiger partial charge in [-0.2, -0.15) is 0 Å². The van der Waals surface area contributed by atoms with Gasteiger partial charge in [0.2, 0.25) is 0 Å². The highest BCUT2D eigenvalue weighted by atomic mass is 32.2. The molecule has 5 nitrogen and oxygen atoms in total. The molecule has 28 heavy (non-hydrogen) atoms. The van der Waals surface area contributed by atoms with Crippen LogP contribution in [0.1, 0.15) is 33.0 Å². The van der Waals surface area contributed by atoms with E-state index in [1.54, 1.807) is 26.2 Å². The lowest BCUT2D eigenvalue weighted by Crippen LogP contribution is -2.35. The largest absolute Gasteiger partial charge is 0.497 e. The first-order valence-electron chi connectivity index (χ1n) is 9.01. The number of methoxy groups -OCH3 is 1. The maximum absolute atomic E-state index is 12.3. The second kappa shape index (κ2) is 9.89. The molecule has 0 aliphatic carbocycles. The third kappa shape index (κ3) is 5.45. The smallest absolute Gasteiger partial charge is 0.338 e. The van der Waals surface area contributed by atoms with E-state index >= 15 is 0 Å². The Bertz CT molecular complexity index is 802. The molecule has 7 heteroatoms. The summed E-state index contributed by atoms with van der Waals surface area (Å²) in [5.74, 6) is 2.24.